The maximum absolute atomic E-state index is 13.4. The Kier molecular flexibility index (Phi) is 5.47. The van der Waals surface area contributed by atoms with Gasteiger partial charge in [0.15, 0.2) is 0 Å². The van der Waals surface area contributed by atoms with Crippen molar-refractivity contribution < 1.29 is 18.1 Å². The maximum Gasteiger partial charge on any atom is 0.423 e. The molecule has 0 aliphatic carbocycles. The quantitative estimate of drug-likeness (QED) is 0.210. The van der Waals surface area contributed by atoms with Gasteiger partial charge in [-0.2, -0.15) is 13.2 Å². The van der Waals surface area contributed by atoms with Gasteiger partial charge in [-0.25, -0.2) is 0 Å². The minimum atomic E-state index is -5.05. The van der Waals surface area contributed by atoms with E-state index in [9.17, 15) is 23.3 Å². The molecule has 0 heterocycles. The first-order valence-corrected chi connectivity index (χ1v) is 7.73. The Bertz CT molecular complexity index is 825. The largest absolute Gasteiger partial charge is 0.423 e. The highest BCUT2D eigenvalue weighted by Gasteiger charge is 2.42. The van der Waals surface area contributed by atoms with Crippen molar-refractivity contribution >= 4 is 63.7 Å². The van der Waals surface area contributed by atoms with E-state index in [1.165, 1.54) is 0 Å². The Labute approximate surface area is 158 Å². The summed E-state index contributed by atoms with van der Waals surface area (Å²) in [5.41, 5.74) is -3.71. The van der Waals surface area contributed by atoms with Gasteiger partial charge in [0.25, 0.3) is 5.69 Å². The maximum atomic E-state index is 13.4. The summed E-state index contributed by atoms with van der Waals surface area (Å²) >= 11 is 29.4. The normalized spacial score (nSPS) is 11.7. The molecule has 0 spiro atoms. The summed E-state index contributed by atoms with van der Waals surface area (Å²) in [4.78, 5) is 9.82. The molecule has 0 atom stereocenters. The van der Waals surface area contributed by atoms with Gasteiger partial charge in [0, 0.05) is 17.2 Å². The number of nitro groups is 1. The molecule has 2 rings (SSSR count). The van der Waals surface area contributed by atoms with Gasteiger partial charge in [0.2, 0.25) is 0 Å². The van der Waals surface area contributed by atoms with Crippen LogP contribution in [0.4, 0.5) is 18.9 Å². The summed E-state index contributed by atoms with van der Waals surface area (Å²) < 4.78 is 40.2. The van der Waals surface area contributed by atoms with E-state index in [1.807, 2.05) is 0 Å². The Morgan fingerprint density at radius 2 is 1.33 bits per heavy atom. The van der Waals surface area contributed by atoms with Crippen LogP contribution in [0.5, 0.6) is 0 Å². The van der Waals surface area contributed by atoms with Crippen molar-refractivity contribution in [2.24, 2.45) is 0 Å². The second-order valence-electron chi connectivity index (χ2n) is 4.40. The van der Waals surface area contributed by atoms with E-state index in [4.69, 9.17) is 58.0 Å². The van der Waals surface area contributed by atoms with Gasteiger partial charge in [0.1, 0.15) is 5.56 Å². The second-order valence-corrected chi connectivity index (χ2v) is 6.29. The SMILES string of the molecule is O=[N+]([O-])c1cccc(-c2c(Cl)c(Cl)c(Cl)c(Cl)c2Cl)c1C(F)(F)F. The summed E-state index contributed by atoms with van der Waals surface area (Å²) in [6.07, 6.45) is -5.05. The van der Waals surface area contributed by atoms with Gasteiger partial charge in [-0.1, -0.05) is 70.1 Å². The standard InChI is InChI=1S/C13H3Cl5F3NO2/c14-8-6(9(15)11(17)12(18)10(8)16)4-2-1-3-5(22(23)24)7(4)13(19,20)21/h1-3H. The zero-order valence-corrected chi connectivity index (χ0v) is 14.8. The average Bonchev–Trinajstić information content (AvgIpc) is 2.50. The predicted molar refractivity (Wildman–Crippen MR) is 88.6 cm³/mol. The third kappa shape index (κ3) is 3.26. The number of alkyl halides is 3. The molecule has 0 unspecified atom stereocenters. The molecule has 0 bridgehead atoms. The smallest absolute Gasteiger partial charge is 0.258 e. The number of nitro benzene ring substituents is 1. The third-order valence-corrected chi connectivity index (χ3v) is 5.28. The number of hydrogen-bond acceptors (Lipinski definition) is 2. The Hall–Kier alpha value is -0.920. The van der Waals surface area contributed by atoms with E-state index in [1.54, 1.807) is 0 Å². The van der Waals surface area contributed by atoms with Crippen LogP contribution in [0.3, 0.4) is 0 Å². The molecular weight excluding hydrogens is 436 g/mol. The van der Waals surface area contributed by atoms with E-state index in [0.717, 1.165) is 12.1 Å². The lowest BCUT2D eigenvalue weighted by atomic mass is 9.97. The molecule has 128 valence electrons. The Balaban J connectivity index is 3.00. The average molecular weight is 439 g/mol. The van der Waals surface area contributed by atoms with Crippen LogP contribution in [0.1, 0.15) is 5.56 Å². The van der Waals surface area contributed by atoms with Gasteiger partial charge < -0.3 is 0 Å². The first-order chi connectivity index (χ1) is 11.0. The topological polar surface area (TPSA) is 43.1 Å². The van der Waals surface area contributed by atoms with Gasteiger partial charge in [-0.15, -0.1) is 0 Å². The molecule has 3 nitrogen and oxygen atoms in total. The number of nitrogens with zero attached hydrogens (tertiary/aromatic N) is 1. The van der Waals surface area contributed by atoms with Crippen molar-refractivity contribution in [3.05, 3.63) is 59.0 Å². The van der Waals surface area contributed by atoms with E-state index < -0.39 is 43.5 Å². The molecule has 0 aliphatic rings. The van der Waals surface area contributed by atoms with Crippen molar-refractivity contribution in [3.8, 4) is 11.1 Å². The second kappa shape index (κ2) is 6.77. The lowest BCUT2D eigenvalue weighted by Crippen LogP contribution is -2.11. The molecule has 0 saturated carbocycles. The molecule has 0 saturated heterocycles. The highest BCUT2D eigenvalue weighted by molar-refractivity contribution is 6.56. The fourth-order valence-electron chi connectivity index (χ4n) is 2.04. The summed E-state index contributed by atoms with van der Waals surface area (Å²) in [6.45, 7) is 0. The van der Waals surface area contributed by atoms with E-state index >= 15 is 0 Å². The van der Waals surface area contributed by atoms with Gasteiger partial charge in [-0.05, 0) is 0 Å². The molecule has 24 heavy (non-hydrogen) atoms. The first kappa shape index (κ1) is 19.4. The molecule has 2 aromatic rings. The van der Waals surface area contributed by atoms with Crippen molar-refractivity contribution in [1.29, 1.82) is 0 Å². The zero-order chi connectivity index (χ0) is 18.4. The molecule has 0 amide bonds. The van der Waals surface area contributed by atoms with Crippen LogP contribution in [0.25, 0.3) is 11.1 Å². The minimum Gasteiger partial charge on any atom is -0.258 e. The fourth-order valence-corrected chi connectivity index (χ4v) is 3.38. The highest BCUT2D eigenvalue weighted by Crippen LogP contribution is 2.52. The fraction of sp³-hybridized carbons (Fsp3) is 0.0769. The lowest BCUT2D eigenvalue weighted by molar-refractivity contribution is -0.388. The van der Waals surface area contributed by atoms with Crippen molar-refractivity contribution in [1.82, 2.24) is 0 Å². The van der Waals surface area contributed by atoms with Crippen LogP contribution in [0.2, 0.25) is 25.1 Å². The van der Waals surface area contributed by atoms with Crippen LogP contribution < -0.4 is 0 Å². The van der Waals surface area contributed by atoms with Crippen LogP contribution in [0.15, 0.2) is 18.2 Å². The molecule has 0 N–H and O–H groups in total. The van der Waals surface area contributed by atoms with Crippen molar-refractivity contribution in [2.75, 3.05) is 0 Å². The highest BCUT2D eigenvalue weighted by atomic mass is 35.5. The molecular formula is C13H3Cl5F3NO2. The van der Waals surface area contributed by atoms with E-state index in [2.05, 4.69) is 0 Å². The van der Waals surface area contributed by atoms with Crippen molar-refractivity contribution in [2.45, 2.75) is 6.18 Å². The monoisotopic (exact) mass is 437 g/mol. The molecule has 0 aromatic heterocycles. The number of benzene rings is 2. The number of rotatable bonds is 2. The van der Waals surface area contributed by atoms with E-state index in [0.29, 0.717) is 6.07 Å². The molecule has 11 heteroatoms. The third-order valence-electron chi connectivity index (χ3n) is 3.00. The van der Waals surface area contributed by atoms with Gasteiger partial charge in [0.05, 0.1) is 30.0 Å². The summed E-state index contributed by atoms with van der Waals surface area (Å²) in [6, 6.07) is 2.75. The summed E-state index contributed by atoms with van der Waals surface area (Å²) in [7, 11) is 0. The zero-order valence-electron chi connectivity index (χ0n) is 11.0. The van der Waals surface area contributed by atoms with Crippen LogP contribution in [-0.4, -0.2) is 4.92 Å². The number of halogens is 8. The molecule has 0 radical (unpaired) electrons. The van der Waals surface area contributed by atoms with Gasteiger partial charge >= 0.3 is 6.18 Å². The predicted octanol–water partition coefficient (Wildman–Crippen LogP) is 7.55. The molecule has 2 aromatic carbocycles. The molecule has 0 fully saturated rings. The van der Waals surface area contributed by atoms with Crippen LogP contribution in [-0.2, 0) is 6.18 Å². The van der Waals surface area contributed by atoms with Crippen LogP contribution >= 0.6 is 58.0 Å². The van der Waals surface area contributed by atoms with Crippen molar-refractivity contribution in [3.63, 3.8) is 0 Å². The van der Waals surface area contributed by atoms with E-state index in [-0.39, 0.29) is 15.1 Å². The first-order valence-electron chi connectivity index (χ1n) is 5.84. The molecule has 0 aliphatic heterocycles. The Morgan fingerprint density at radius 3 is 1.75 bits per heavy atom. The van der Waals surface area contributed by atoms with Crippen LogP contribution in [0, 0.1) is 10.1 Å². The minimum absolute atomic E-state index is 0.240. The number of hydrogen-bond donors (Lipinski definition) is 0. The lowest BCUT2D eigenvalue weighted by Gasteiger charge is -2.17. The Morgan fingerprint density at radius 1 is 0.875 bits per heavy atom. The van der Waals surface area contributed by atoms with Gasteiger partial charge in [-0.3, -0.25) is 10.1 Å². The summed E-state index contributed by atoms with van der Waals surface area (Å²) in [5, 5.41) is 9.30. The summed E-state index contributed by atoms with van der Waals surface area (Å²) in [5.74, 6) is 0.